The van der Waals surface area contributed by atoms with Crippen LogP contribution < -0.4 is 0 Å². The Hall–Kier alpha value is -1.82. The largest absolute Gasteiger partial charge is 0.239 e. The van der Waals surface area contributed by atoms with Crippen molar-refractivity contribution < 1.29 is 0 Å². The summed E-state index contributed by atoms with van der Waals surface area (Å²) in [5.74, 6) is 3.24. The van der Waals surface area contributed by atoms with Crippen molar-refractivity contribution in [3.05, 3.63) is 65.2 Å². The average Bonchev–Trinajstić information content (AvgIpc) is 2.44. The summed E-state index contributed by atoms with van der Waals surface area (Å²) >= 11 is 6.30. The van der Waals surface area contributed by atoms with Crippen LogP contribution >= 0.6 is 11.6 Å². The first-order valence-electron chi connectivity index (χ1n) is 6.87. The highest BCUT2D eigenvalue weighted by atomic mass is 35.5. The van der Waals surface area contributed by atoms with Gasteiger partial charge in [0.1, 0.15) is 13.8 Å². The normalized spacial score (nSPS) is 11.7. The van der Waals surface area contributed by atoms with Crippen LogP contribution in [0.25, 0.3) is 0 Å². The zero-order valence-corrected chi connectivity index (χ0v) is 14.3. The van der Waals surface area contributed by atoms with Crippen molar-refractivity contribution in [3.63, 3.8) is 0 Å². The van der Waals surface area contributed by atoms with E-state index in [9.17, 15) is 0 Å². The zero-order chi connectivity index (χ0) is 15.3. The summed E-state index contributed by atoms with van der Waals surface area (Å²) in [4.78, 5) is 4.67. The Morgan fingerprint density at radius 3 is 2.19 bits per heavy atom. The van der Waals surface area contributed by atoms with Crippen LogP contribution in [0, 0.1) is 11.5 Å². The van der Waals surface area contributed by atoms with Gasteiger partial charge in [0.2, 0.25) is 0 Å². The predicted octanol–water partition coefficient (Wildman–Crippen LogP) is 5.34. The summed E-state index contributed by atoms with van der Waals surface area (Å²) < 4.78 is 0. The Morgan fingerprint density at radius 1 is 0.952 bits per heavy atom. The van der Waals surface area contributed by atoms with Crippen molar-refractivity contribution in [1.82, 2.24) is 0 Å². The van der Waals surface area contributed by atoms with Gasteiger partial charge in [-0.15, -0.1) is 5.54 Å². The first-order chi connectivity index (χ1) is 9.96. The zero-order valence-electron chi connectivity index (χ0n) is 12.5. The van der Waals surface area contributed by atoms with E-state index in [0.717, 1.165) is 17.0 Å². The molecule has 0 saturated carbocycles. The van der Waals surface area contributed by atoms with Gasteiger partial charge in [0.25, 0.3) is 0 Å². The molecule has 106 valence electrons. The second-order valence-corrected chi connectivity index (χ2v) is 10.9. The van der Waals surface area contributed by atoms with Gasteiger partial charge in [0.05, 0.1) is 10.7 Å². The second-order valence-electron chi connectivity index (χ2n) is 5.78. The minimum Gasteiger partial charge on any atom is -0.239 e. The molecule has 0 atom stereocenters. The van der Waals surface area contributed by atoms with E-state index in [1.165, 1.54) is 0 Å². The third-order valence-electron chi connectivity index (χ3n) is 2.68. The lowest BCUT2D eigenvalue weighted by Gasteiger charge is -2.06. The average molecular weight is 312 g/mol. The summed E-state index contributed by atoms with van der Waals surface area (Å²) in [6.07, 6.45) is 0. The van der Waals surface area contributed by atoms with Crippen LogP contribution in [0.4, 0.5) is 5.69 Å². The van der Waals surface area contributed by atoms with Gasteiger partial charge in [-0.05, 0) is 18.2 Å². The lowest BCUT2D eigenvalue weighted by Crippen LogP contribution is -2.17. The van der Waals surface area contributed by atoms with Crippen LogP contribution in [0.2, 0.25) is 24.7 Å². The van der Waals surface area contributed by atoms with Gasteiger partial charge in [0.15, 0.2) is 0 Å². The van der Waals surface area contributed by atoms with Crippen LogP contribution in [0.3, 0.4) is 0 Å². The molecule has 0 aromatic heterocycles. The van der Waals surface area contributed by atoms with E-state index in [2.05, 4.69) is 36.1 Å². The fourth-order valence-electron chi connectivity index (χ4n) is 1.69. The van der Waals surface area contributed by atoms with E-state index in [1.54, 1.807) is 0 Å². The number of benzene rings is 2. The predicted molar refractivity (Wildman–Crippen MR) is 95.2 cm³/mol. The smallest absolute Gasteiger partial charge is 0.129 e. The van der Waals surface area contributed by atoms with Crippen LogP contribution in [0.1, 0.15) is 5.56 Å². The third-order valence-corrected chi connectivity index (χ3v) is 3.89. The molecule has 1 nitrogen and oxygen atoms in total. The van der Waals surface area contributed by atoms with E-state index < -0.39 is 8.07 Å². The minimum atomic E-state index is -1.47. The number of nitrogens with zero attached hydrogens (tertiary/aromatic N) is 1. The summed E-state index contributed by atoms with van der Waals surface area (Å²) in [7, 11) is -1.47. The van der Waals surface area contributed by atoms with E-state index in [4.69, 9.17) is 11.6 Å². The van der Waals surface area contributed by atoms with Crippen molar-refractivity contribution in [2.24, 2.45) is 4.99 Å². The van der Waals surface area contributed by atoms with E-state index in [-0.39, 0.29) is 0 Å². The molecule has 3 heteroatoms. The Morgan fingerprint density at radius 2 is 1.57 bits per heavy atom. The monoisotopic (exact) mass is 311 g/mol. The van der Waals surface area contributed by atoms with Gasteiger partial charge in [-0.25, -0.2) is 4.99 Å². The summed E-state index contributed by atoms with van der Waals surface area (Å²) in [5.41, 5.74) is 5.87. The van der Waals surface area contributed by atoms with Gasteiger partial charge >= 0.3 is 0 Å². The van der Waals surface area contributed by atoms with Crippen LogP contribution in [0.5, 0.6) is 0 Å². The first-order valence-corrected chi connectivity index (χ1v) is 10.8. The first kappa shape index (κ1) is 15.6. The number of hydrogen-bond acceptors (Lipinski definition) is 1. The van der Waals surface area contributed by atoms with Crippen molar-refractivity contribution >= 4 is 31.1 Å². The highest BCUT2D eigenvalue weighted by Crippen LogP contribution is 2.19. The SMILES string of the molecule is C[Si](C)(C)C#CC(=Nc1ccccc1)c1ccccc1Cl. The van der Waals surface area contributed by atoms with Crippen molar-refractivity contribution in [2.75, 3.05) is 0 Å². The molecule has 0 spiro atoms. The maximum absolute atomic E-state index is 6.30. The van der Waals surface area contributed by atoms with Crippen molar-refractivity contribution in [3.8, 4) is 11.5 Å². The molecule has 0 fully saturated rings. The lowest BCUT2D eigenvalue weighted by molar-refractivity contribution is 1.51. The molecule has 0 amide bonds. The Labute approximate surface area is 132 Å². The van der Waals surface area contributed by atoms with Gasteiger partial charge in [-0.1, -0.05) is 73.6 Å². The summed E-state index contributed by atoms with van der Waals surface area (Å²) in [6.45, 7) is 6.65. The molecule has 2 aromatic rings. The molecule has 0 aliphatic carbocycles. The van der Waals surface area contributed by atoms with Gasteiger partial charge < -0.3 is 0 Å². The third kappa shape index (κ3) is 4.89. The van der Waals surface area contributed by atoms with Gasteiger partial charge in [0, 0.05) is 5.56 Å². The molecule has 0 aliphatic rings. The fraction of sp³-hybridized carbons (Fsp3) is 0.167. The molecule has 0 N–H and O–H groups in total. The summed E-state index contributed by atoms with van der Waals surface area (Å²) in [5, 5.41) is 0.678. The van der Waals surface area contributed by atoms with Gasteiger partial charge in [-0.2, -0.15) is 0 Å². The number of halogens is 1. The molecular weight excluding hydrogens is 294 g/mol. The fourth-order valence-corrected chi connectivity index (χ4v) is 2.41. The molecule has 0 bridgehead atoms. The standard InChI is InChI=1S/C18H18ClNSi/c1-21(2,3)14-13-18(16-11-7-8-12-17(16)19)20-15-9-5-4-6-10-15/h4-12H,1-3H3. The second kappa shape index (κ2) is 6.75. The van der Waals surface area contributed by atoms with Crippen LogP contribution in [0.15, 0.2) is 59.6 Å². The minimum absolute atomic E-state index is 0.678. The molecule has 0 heterocycles. The number of hydrogen-bond donors (Lipinski definition) is 0. The maximum atomic E-state index is 6.30. The molecule has 0 radical (unpaired) electrons. The van der Waals surface area contributed by atoms with E-state index >= 15 is 0 Å². The van der Waals surface area contributed by atoms with Gasteiger partial charge in [-0.3, -0.25) is 0 Å². The van der Waals surface area contributed by atoms with E-state index in [1.807, 2.05) is 54.6 Å². The molecule has 21 heavy (non-hydrogen) atoms. The Bertz CT molecular complexity index is 703. The van der Waals surface area contributed by atoms with Crippen LogP contribution in [-0.2, 0) is 0 Å². The topological polar surface area (TPSA) is 12.4 Å². The molecule has 0 unspecified atom stereocenters. The lowest BCUT2D eigenvalue weighted by atomic mass is 10.1. The summed E-state index contributed by atoms with van der Waals surface area (Å²) in [6, 6.07) is 17.5. The highest BCUT2D eigenvalue weighted by Gasteiger charge is 2.10. The molecule has 2 aromatic carbocycles. The quantitative estimate of drug-likeness (QED) is 0.403. The van der Waals surface area contributed by atoms with Crippen molar-refractivity contribution in [2.45, 2.75) is 19.6 Å². The Balaban J connectivity index is 2.52. The Kier molecular flexibility index (Phi) is 5.01. The maximum Gasteiger partial charge on any atom is 0.129 e. The molecule has 0 saturated heterocycles. The number of rotatable bonds is 2. The molecule has 0 aliphatic heterocycles. The number of aliphatic imine (C=N–C) groups is 1. The highest BCUT2D eigenvalue weighted by molar-refractivity contribution is 6.84. The molecular formula is C18H18ClNSi. The van der Waals surface area contributed by atoms with Crippen LogP contribution in [-0.4, -0.2) is 13.8 Å². The van der Waals surface area contributed by atoms with Crippen molar-refractivity contribution in [1.29, 1.82) is 0 Å². The molecule has 2 rings (SSSR count). The number of para-hydroxylation sites is 1. The van der Waals surface area contributed by atoms with E-state index in [0.29, 0.717) is 5.02 Å².